The Morgan fingerprint density at radius 2 is 1.65 bits per heavy atom. The van der Waals surface area contributed by atoms with E-state index in [-0.39, 0.29) is 0 Å². The second kappa shape index (κ2) is 3.65. The minimum Gasteiger partial charge on any atom is -0.0853 e. The second-order valence-electron chi connectivity index (χ2n) is 7.60. The smallest absolute Gasteiger partial charge is 0.0853 e. The third-order valence-electron chi connectivity index (χ3n) is 6.80. The quantitative estimate of drug-likeness (QED) is 0.440. The normalized spacial score (nSPS) is 52.2. The molecule has 4 aliphatic rings. The van der Waals surface area contributed by atoms with Crippen molar-refractivity contribution >= 4 is 6.71 Å². The Balaban J connectivity index is 1.67. The standard InChI is InChI=1S/C16H25B/c1-16(11-12-8-9-13(16)10-12)17-14-4-2-5-15(17)7-3-6-14/h8-9,12-15H,2-7,10-11H2,1H3/t12-,13+,14?,15?,16-/m0/s1. The summed E-state index contributed by atoms with van der Waals surface area (Å²) in [5.74, 6) is 4.09. The fraction of sp³-hybridized carbons (Fsp3) is 0.875. The van der Waals surface area contributed by atoms with Crippen LogP contribution in [0.25, 0.3) is 0 Å². The van der Waals surface area contributed by atoms with E-state index in [1.165, 1.54) is 25.7 Å². The van der Waals surface area contributed by atoms with Gasteiger partial charge in [-0.05, 0) is 30.0 Å². The molecular formula is C16H25B. The first-order valence-electron chi connectivity index (χ1n) is 7.96. The van der Waals surface area contributed by atoms with Crippen LogP contribution in [0.2, 0.25) is 16.9 Å². The van der Waals surface area contributed by atoms with Crippen LogP contribution < -0.4 is 0 Å². The highest BCUT2D eigenvalue weighted by atomic mass is 14.5. The molecule has 0 nitrogen and oxygen atoms in total. The van der Waals surface area contributed by atoms with Gasteiger partial charge in [-0.25, -0.2) is 0 Å². The molecule has 2 aliphatic carbocycles. The summed E-state index contributed by atoms with van der Waals surface area (Å²) >= 11 is 0. The summed E-state index contributed by atoms with van der Waals surface area (Å²) in [4.78, 5) is 0. The second-order valence-corrected chi connectivity index (χ2v) is 7.60. The minimum atomic E-state index is 0.690. The lowest BCUT2D eigenvalue weighted by molar-refractivity contribution is 0.391. The van der Waals surface area contributed by atoms with Gasteiger partial charge in [0.2, 0.25) is 0 Å². The molecule has 0 spiro atoms. The molecule has 2 heterocycles. The first kappa shape index (κ1) is 10.7. The average Bonchev–Trinajstić information content (AvgIpc) is 2.88. The van der Waals surface area contributed by atoms with E-state index in [1.54, 1.807) is 25.7 Å². The third kappa shape index (κ3) is 1.44. The maximum atomic E-state index is 2.66. The fourth-order valence-corrected chi connectivity index (χ4v) is 6.27. The van der Waals surface area contributed by atoms with Crippen LogP contribution in [0.3, 0.4) is 0 Å². The topological polar surface area (TPSA) is 0 Å². The Bertz CT molecular complexity index is 325. The summed E-state index contributed by atoms with van der Waals surface area (Å²) in [7, 11) is 0. The van der Waals surface area contributed by atoms with Crippen molar-refractivity contribution in [2.24, 2.45) is 11.8 Å². The number of rotatable bonds is 1. The van der Waals surface area contributed by atoms with E-state index in [9.17, 15) is 0 Å². The van der Waals surface area contributed by atoms with E-state index in [4.69, 9.17) is 0 Å². The van der Waals surface area contributed by atoms with Gasteiger partial charge in [-0.1, -0.05) is 69.2 Å². The van der Waals surface area contributed by atoms with Gasteiger partial charge < -0.3 is 0 Å². The maximum absolute atomic E-state index is 2.66. The first-order valence-corrected chi connectivity index (χ1v) is 7.96. The molecule has 17 heavy (non-hydrogen) atoms. The number of allylic oxidation sites excluding steroid dienone is 2. The first-order chi connectivity index (χ1) is 8.27. The molecular weight excluding hydrogens is 203 g/mol. The van der Waals surface area contributed by atoms with E-state index >= 15 is 0 Å². The van der Waals surface area contributed by atoms with Crippen molar-refractivity contribution in [3.8, 4) is 0 Å². The molecule has 3 atom stereocenters. The molecule has 0 amide bonds. The van der Waals surface area contributed by atoms with Gasteiger partial charge >= 0.3 is 0 Å². The Morgan fingerprint density at radius 3 is 2.12 bits per heavy atom. The van der Waals surface area contributed by atoms with Gasteiger partial charge in [-0.2, -0.15) is 0 Å². The highest BCUT2D eigenvalue weighted by Crippen LogP contribution is 2.66. The van der Waals surface area contributed by atoms with Crippen molar-refractivity contribution in [3.05, 3.63) is 12.2 Å². The Hall–Kier alpha value is -0.195. The van der Waals surface area contributed by atoms with Crippen molar-refractivity contribution in [1.29, 1.82) is 0 Å². The third-order valence-corrected chi connectivity index (χ3v) is 6.80. The van der Waals surface area contributed by atoms with Crippen molar-refractivity contribution in [2.75, 3.05) is 0 Å². The number of fused-ring (bicyclic) bond motifs is 4. The van der Waals surface area contributed by atoms with E-state index < -0.39 is 0 Å². The summed E-state index contributed by atoms with van der Waals surface area (Å²) in [6, 6.07) is 0. The molecule has 4 rings (SSSR count). The predicted octanol–water partition coefficient (Wildman–Crippen LogP) is 4.95. The van der Waals surface area contributed by atoms with Crippen LogP contribution >= 0.6 is 0 Å². The van der Waals surface area contributed by atoms with E-state index in [2.05, 4.69) is 19.1 Å². The van der Waals surface area contributed by atoms with Crippen molar-refractivity contribution in [2.45, 2.75) is 75.2 Å². The van der Waals surface area contributed by atoms with Gasteiger partial charge in [0.05, 0.1) is 0 Å². The highest BCUT2D eigenvalue weighted by Gasteiger charge is 2.56. The fourth-order valence-electron chi connectivity index (χ4n) is 6.27. The molecule has 1 saturated carbocycles. The highest BCUT2D eigenvalue weighted by molar-refractivity contribution is 6.66. The van der Waals surface area contributed by atoms with Gasteiger partial charge in [0.1, 0.15) is 0 Å². The molecule has 92 valence electrons. The summed E-state index contributed by atoms with van der Waals surface area (Å²) in [6.07, 6.45) is 17.4. The van der Waals surface area contributed by atoms with Gasteiger partial charge in [0, 0.05) is 0 Å². The molecule has 0 radical (unpaired) electrons. The van der Waals surface area contributed by atoms with Crippen LogP contribution in [0, 0.1) is 11.8 Å². The average molecular weight is 228 g/mol. The molecule has 1 heteroatoms. The summed E-state index contributed by atoms with van der Waals surface area (Å²) in [5, 5.41) is 0.690. The lowest BCUT2D eigenvalue weighted by Crippen LogP contribution is -2.45. The molecule has 4 bridgehead atoms. The predicted molar refractivity (Wildman–Crippen MR) is 74.7 cm³/mol. The van der Waals surface area contributed by atoms with Gasteiger partial charge in [0.25, 0.3) is 0 Å². The monoisotopic (exact) mass is 228 g/mol. The van der Waals surface area contributed by atoms with Crippen LogP contribution in [0.5, 0.6) is 0 Å². The molecule has 0 N–H and O–H groups in total. The Labute approximate surface area is 106 Å². The largest absolute Gasteiger partial charge is 0.153 e. The Morgan fingerprint density at radius 1 is 1.00 bits per heavy atom. The summed E-state index contributed by atoms with van der Waals surface area (Å²) in [6.45, 7) is 3.74. The molecule has 0 aromatic heterocycles. The van der Waals surface area contributed by atoms with Crippen molar-refractivity contribution < 1.29 is 0 Å². The van der Waals surface area contributed by atoms with E-state index in [0.29, 0.717) is 5.31 Å². The lowest BCUT2D eigenvalue weighted by atomic mass is 9.16. The SMILES string of the molecule is C[C@]1(B2C3CCCC2CCC3)C[C@H]2C=C[C@@H]1C2. The van der Waals surface area contributed by atoms with Gasteiger partial charge in [-0.3, -0.25) is 0 Å². The van der Waals surface area contributed by atoms with Crippen molar-refractivity contribution in [1.82, 2.24) is 0 Å². The number of hydrogen-bond acceptors (Lipinski definition) is 0. The zero-order chi connectivity index (χ0) is 11.5. The van der Waals surface area contributed by atoms with Gasteiger partial charge in [-0.15, -0.1) is 0 Å². The van der Waals surface area contributed by atoms with Crippen LogP contribution in [-0.4, -0.2) is 6.71 Å². The van der Waals surface area contributed by atoms with Crippen LogP contribution in [0.15, 0.2) is 12.2 Å². The van der Waals surface area contributed by atoms with Crippen LogP contribution in [-0.2, 0) is 0 Å². The van der Waals surface area contributed by atoms with Gasteiger partial charge in [0.15, 0.2) is 6.71 Å². The zero-order valence-corrected chi connectivity index (χ0v) is 11.2. The van der Waals surface area contributed by atoms with Crippen LogP contribution in [0.4, 0.5) is 0 Å². The molecule has 3 fully saturated rings. The molecule has 2 aliphatic heterocycles. The minimum absolute atomic E-state index is 0.690. The molecule has 2 saturated heterocycles. The number of hydrogen-bond donors (Lipinski definition) is 0. The molecule has 0 aromatic rings. The summed E-state index contributed by atoms with van der Waals surface area (Å²) in [5.41, 5.74) is 0. The maximum Gasteiger partial charge on any atom is 0.153 e. The van der Waals surface area contributed by atoms with E-state index in [1.807, 2.05) is 0 Å². The van der Waals surface area contributed by atoms with E-state index in [0.717, 1.165) is 30.2 Å². The van der Waals surface area contributed by atoms with Crippen LogP contribution in [0.1, 0.15) is 58.3 Å². The lowest BCUT2D eigenvalue weighted by Gasteiger charge is -2.50. The summed E-state index contributed by atoms with van der Waals surface area (Å²) < 4.78 is 0. The van der Waals surface area contributed by atoms with Crippen molar-refractivity contribution in [3.63, 3.8) is 0 Å². The molecule has 0 unspecified atom stereocenters. The Kier molecular flexibility index (Phi) is 2.30. The molecule has 0 aromatic carbocycles. The zero-order valence-electron chi connectivity index (χ0n) is 11.2.